The van der Waals surface area contributed by atoms with E-state index in [2.05, 4.69) is 10.6 Å². The molecule has 0 unspecified atom stereocenters. The van der Waals surface area contributed by atoms with Crippen LogP contribution in [-0.4, -0.2) is 56.9 Å². The molecule has 2 atom stereocenters. The van der Waals surface area contributed by atoms with Crippen molar-refractivity contribution < 1.29 is 22.7 Å². The number of sulfonamides is 1. The number of rotatable bonds is 5. The molecular weight excluding hydrogens is 370 g/mol. The van der Waals surface area contributed by atoms with E-state index in [-0.39, 0.29) is 54.3 Å². The molecule has 2 aliphatic heterocycles. The molecule has 27 heavy (non-hydrogen) atoms. The third-order valence-corrected chi connectivity index (χ3v) is 6.71. The maximum atomic E-state index is 12.8. The highest BCUT2D eigenvalue weighted by Gasteiger charge is 2.36. The van der Waals surface area contributed by atoms with Crippen molar-refractivity contribution in [1.29, 1.82) is 0 Å². The lowest BCUT2D eigenvalue weighted by Crippen LogP contribution is -2.49. The van der Waals surface area contributed by atoms with Crippen molar-refractivity contribution in [3.8, 4) is 0 Å². The molecule has 1 aromatic rings. The lowest BCUT2D eigenvalue weighted by molar-refractivity contribution is -0.123. The normalized spacial score (nSPS) is 24.0. The van der Waals surface area contributed by atoms with Crippen LogP contribution in [0.25, 0.3) is 0 Å². The van der Waals surface area contributed by atoms with Gasteiger partial charge in [0.2, 0.25) is 21.8 Å². The Bertz CT molecular complexity index is 824. The summed E-state index contributed by atoms with van der Waals surface area (Å²) in [6.45, 7) is 4.88. The average molecular weight is 395 g/mol. The Hall–Kier alpha value is -1.97. The van der Waals surface area contributed by atoms with Gasteiger partial charge in [-0.1, -0.05) is 19.9 Å². The number of carbonyl (C=O) groups is 2. The van der Waals surface area contributed by atoms with Crippen LogP contribution in [0, 0.1) is 11.8 Å². The van der Waals surface area contributed by atoms with Gasteiger partial charge >= 0.3 is 0 Å². The summed E-state index contributed by atoms with van der Waals surface area (Å²) >= 11 is 0. The molecule has 2 heterocycles. The zero-order chi connectivity index (χ0) is 19.6. The van der Waals surface area contributed by atoms with Crippen molar-refractivity contribution in [2.45, 2.75) is 31.3 Å². The fourth-order valence-corrected chi connectivity index (χ4v) is 4.93. The number of amides is 2. The lowest BCUT2D eigenvalue weighted by atomic mass is 9.92. The standard InChI is InChI=1S/C18H25N3O5S/c1-12(2)17-15(6-9-26-17)18(23)20-13-4-3-5-14(10-13)27(24,25)21-8-7-19-16(22)11-21/h3-5,10,12,15,17H,6-9,11H2,1-2H3,(H,19,22)(H,20,23)/t15-,17+/m0/s1. The monoisotopic (exact) mass is 395 g/mol. The first-order chi connectivity index (χ1) is 12.8. The largest absolute Gasteiger partial charge is 0.377 e. The molecule has 2 fully saturated rings. The van der Waals surface area contributed by atoms with Crippen LogP contribution in [0.2, 0.25) is 0 Å². The van der Waals surface area contributed by atoms with E-state index in [9.17, 15) is 18.0 Å². The number of nitrogens with zero attached hydrogens (tertiary/aromatic N) is 1. The predicted molar refractivity (Wildman–Crippen MR) is 99.5 cm³/mol. The summed E-state index contributed by atoms with van der Waals surface area (Å²) in [6, 6.07) is 6.13. The Labute approximate surface area is 159 Å². The molecule has 2 N–H and O–H groups in total. The van der Waals surface area contributed by atoms with Crippen LogP contribution in [-0.2, 0) is 24.3 Å². The summed E-state index contributed by atoms with van der Waals surface area (Å²) < 4.78 is 32.4. The quantitative estimate of drug-likeness (QED) is 0.768. The van der Waals surface area contributed by atoms with Crippen molar-refractivity contribution in [3.05, 3.63) is 24.3 Å². The van der Waals surface area contributed by atoms with Gasteiger partial charge in [-0.15, -0.1) is 0 Å². The molecule has 0 saturated carbocycles. The Morgan fingerprint density at radius 1 is 1.37 bits per heavy atom. The zero-order valence-corrected chi connectivity index (χ0v) is 16.3. The summed E-state index contributed by atoms with van der Waals surface area (Å²) in [5, 5.41) is 5.42. The predicted octanol–water partition coefficient (Wildman–Crippen LogP) is 0.807. The number of piperazine rings is 1. The molecule has 2 saturated heterocycles. The SMILES string of the molecule is CC(C)[C@H]1OCC[C@@H]1C(=O)Nc1cccc(S(=O)(=O)N2CCNC(=O)C2)c1. The Kier molecular flexibility index (Phi) is 5.83. The minimum Gasteiger partial charge on any atom is -0.377 e. The molecule has 1 aromatic carbocycles. The Morgan fingerprint density at radius 3 is 2.85 bits per heavy atom. The lowest BCUT2D eigenvalue weighted by Gasteiger charge is -2.26. The summed E-state index contributed by atoms with van der Waals surface area (Å²) in [4.78, 5) is 24.2. The summed E-state index contributed by atoms with van der Waals surface area (Å²) in [7, 11) is -3.80. The molecule has 0 spiro atoms. The van der Waals surface area contributed by atoms with Crippen molar-refractivity contribution in [2.24, 2.45) is 11.8 Å². The van der Waals surface area contributed by atoms with Crippen molar-refractivity contribution in [1.82, 2.24) is 9.62 Å². The molecule has 8 nitrogen and oxygen atoms in total. The number of anilines is 1. The average Bonchev–Trinajstić information content (AvgIpc) is 3.12. The van der Waals surface area contributed by atoms with Crippen LogP contribution in [0.1, 0.15) is 20.3 Å². The Balaban J connectivity index is 1.75. The highest BCUT2D eigenvalue weighted by molar-refractivity contribution is 7.89. The van der Waals surface area contributed by atoms with E-state index in [0.717, 1.165) is 4.31 Å². The van der Waals surface area contributed by atoms with E-state index in [4.69, 9.17) is 4.74 Å². The molecule has 2 amide bonds. The third-order valence-electron chi connectivity index (χ3n) is 4.87. The fraction of sp³-hybridized carbons (Fsp3) is 0.556. The van der Waals surface area contributed by atoms with Gasteiger partial charge in [0, 0.05) is 25.4 Å². The molecule has 0 bridgehead atoms. The number of ether oxygens (including phenoxy) is 1. The molecule has 9 heteroatoms. The number of benzene rings is 1. The minimum atomic E-state index is -3.80. The maximum absolute atomic E-state index is 12.8. The van der Waals surface area contributed by atoms with Gasteiger partial charge in [-0.3, -0.25) is 9.59 Å². The highest BCUT2D eigenvalue weighted by Crippen LogP contribution is 2.28. The van der Waals surface area contributed by atoms with Gasteiger partial charge in [-0.2, -0.15) is 4.31 Å². The molecule has 2 aliphatic rings. The molecule has 0 aromatic heterocycles. The second kappa shape index (κ2) is 7.95. The van der Waals surface area contributed by atoms with Crippen molar-refractivity contribution in [2.75, 3.05) is 31.6 Å². The van der Waals surface area contributed by atoms with Gasteiger partial charge in [-0.05, 0) is 30.5 Å². The van der Waals surface area contributed by atoms with Gasteiger partial charge < -0.3 is 15.4 Å². The van der Waals surface area contributed by atoms with E-state index >= 15 is 0 Å². The minimum absolute atomic E-state index is 0.0538. The third kappa shape index (κ3) is 4.31. The number of nitrogens with one attached hydrogen (secondary N) is 2. The summed E-state index contributed by atoms with van der Waals surface area (Å²) in [6.07, 6.45) is 0.513. The first kappa shape index (κ1) is 19.8. The summed E-state index contributed by atoms with van der Waals surface area (Å²) in [5.74, 6) is -0.524. The van der Waals surface area contributed by atoms with Gasteiger partial charge in [0.25, 0.3) is 0 Å². The van der Waals surface area contributed by atoms with E-state index in [1.807, 2.05) is 13.8 Å². The topological polar surface area (TPSA) is 105 Å². The smallest absolute Gasteiger partial charge is 0.243 e. The van der Waals surface area contributed by atoms with Crippen LogP contribution in [0.3, 0.4) is 0 Å². The highest BCUT2D eigenvalue weighted by atomic mass is 32.2. The zero-order valence-electron chi connectivity index (χ0n) is 15.5. The van der Waals surface area contributed by atoms with Gasteiger partial charge in [0.15, 0.2) is 0 Å². The second-order valence-electron chi connectivity index (χ2n) is 7.18. The van der Waals surface area contributed by atoms with Gasteiger partial charge in [0.05, 0.1) is 23.5 Å². The van der Waals surface area contributed by atoms with E-state index in [0.29, 0.717) is 18.7 Å². The van der Waals surface area contributed by atoms with Crippen LogP contribution < -0.4 is 10.6 Å². The van der Waals surface area contributed by atoms with E-state index in [1.54, 1.807) is 12.1 Å². The first-order valence-corrected chi connectivity index (χ1v) is 10.5. The van der Waals surface area contributed by atoms with Crippen LogP contribution in [0.15, 0.2) is 29.2 Å². The molecule has 3 rings (SSSR count). The fourth-order valence-electron chi connectivity index (χ4n) is 3.49. The Morgan fingerprint density at radius 2 is 2.15 bits per heavy atom. The number of hydrogen-bond acceptors (Lipinski definition) is 5. The van der Waals surface area contributed by atoms with Gasteiger partial charge in [-0.25, -0.2) is 8.42 Å². The van der Waals surface area contributed by atoms with Crippen molar-refractivity contribution in [3.63, 3.8) is 0 Å². The first-order valence-electron chi connectivity index (χ1n) is 9.08. The number of hydrogen-bond donors (Lipinski definition) is 2. The van der Waals surface area contributed by atoms with Gasteiger partial charge in [0.1, 0.15) is 0 Å². The van der Waals surface area contributed by atoms with Crippen LogP contribution >= 0.6 is 0 Å². The van der Waals surface area contributed by atoms with Crippen LogP contribution in [0.5, 0.6) is 0 Å². The maximum Gasteiger partial charge on any atom is 0.243 e. The second-order valence-corrected chi connectivity index (χ2v) is 9.12. The van der Waals surface area contributed by atoms with Crippen molar-refractivity contribution >= 4 is 27.5 Å². The van der Waals surface area contributed by atoms with E-state index in [1.165, 1.54) is 12.1 Å². The molecule has 0 aliphatic carbocycles. The van der Waals surface area contributed by atoms with Crippen LogP contribution in [0.4, 0.5) is 5.69 Å². The molecule has 148 valence electrons. The molecule has 0 radical (unpaired) electrons. The molecular formula is C18H25N3O5S. The summed E-state index contributed by atoms with van der Waals surface area (Å²) in [5.41, 5.74) is 0.414. The number of carbonyl (C=O) groups excluding carboxylic acids is 2. The van der Waals surface area contributed by atoms with E-state index < -0.39 is 10.0 Å².